The summed E-state index contributed by atoms with van der Waals surface area (Å²) in [6, 6.07) is 9.80. The summed E-state index contributed by atoms with van der Waals surface area (Å²) >= 11 is 0. The SMILES string of the molecule is CN(CCCNC(=O)CNCC(F)(F)F)c1ccccc1. The first-order valence-electron chi connectivity index (χ1n) is 6.69. The van der Waals surface area contributed by atoms with Gasteiger partial charge in [-0.15, -0.1) is 0 Å². The summed E-state index contributed by atoms with van der Waals surface area (Å²) in [6.07, 6.45) is -3.57. The van der Waals surface area contributed by atoms with Crippen molar-refractivity contribution in [1.29, 1.82) is 0 Å². The second kappa shape index (κ2) is 8.51. The molecule has 2 N–H and O–H groups in total. The Morgan fingerprint density at radius 3 is 2.52 bits per heavy atom. The molecule has 0 aliphatic rings. The molecule has 0 aliphatic heterocycles. The number of carbonyl (C=O) groups is 1. The highest BCUT2D eigenvalue weighted by Gasteiger charge is 2.26. The Hall–Kier alpha value is -1.76. The normalized spacial score (nSPS) is 11.2. The zero-order valence-electron chi connectivity index (χ0n) is 11.9. The Bertz CT molecular complexity index is 423. The first-order valence-corrected chi connectivity index (χ1v) is 6.69. The number of amides is 1. The highest BCUT2D eigenvalue weighted by atomic mass is 19.4. The molecule has 0 spiro atoms. The van der Waals surface area contributed by atoms with E-state index in [0.717, 1.165) is 18.7 Å². The van der Waals surface area contributed by atoms with Crippen LogP contribution in [0.25, 0.3) is 0 Å². The summed E-state index contributed by atoms with van der Waals surface area (Å²) < 4.78 is 35.6. The minimum Gasteiger partial charge on any atom is -0.375 e. The highest BCUT2D eigenvalue weighted by Crippen LogP contribution is 2.12. The zero-order valence-corrected chi connectivity index (χ0v) is 11.9. The lowest BCUT2D eigenvalue weighted by molar-refractivity contribution is -0.128. The number of hydrogen-bond acceptors (Lipinski definition) is 3. The molecule has 0 saturated heterocycles. The van der Waals surface area contributed by atoms with Crippen molar-refractivity contribution in [3.8, 4) is 0 Å². The Labute approximate surface area is 122 Å². The second-order valence-electron chi connectivity index (χ2n) is 4.68. The molecule has 0 aromatic heterocycles. The lowest BCUT2D eigenvalue weighted by Crippen LogP contribution is -2.39. The molecule has 7 heteroatoms. The summed E-state index contributed by atoms with van der Waals surface area (Å²) in [5.41, 5.74) is 1.08. The van der Waals surface area contributed by atoms with Gasteiger partial charge in [0.2, 0.25) is 5.91 Å². The molecular weight excluding hydrogens is 283 g/mol. The highest BCUT2D eigenvalue weighted by molar-refractivity contribution is 5.77. The minimum absolute atomic E-state index is 0.325. The van der Waals surface area contributed by atoms with E-state index >= 15 is 0 Å². The quantitative estimate of drug-likeness (QED) is 0.720. The van der Waals surface area contributed by atoms with E-state index in [1.807, 2.05) is 42.3 Å². The molecule has 0 fully saturated rings. The van der Waals surface area contributed by atoms with Gasteiger partial charge in [0, 0.05) is 25.8 Å². The first-order chi connectivity index (χ1) is 9.88. The summed E-state index contributed by atoms with van der Waals surface area (Å²) in [7, 11) is 1.95. The van der Waals surface area contributed by atoms with Crippen LogP contribution in [0.2, 0.25) is 0 Å². The third-order valence-electron chi connectivity index (χ3n) is 2.80. The van der Waals surface area contributed by atoms with Gasteiger partial charge in [-0.3, -0.25) is 4.79 Å². The van der Waals surface area contributed by atoms with Gasteiger partial charge in [-0.1, -0.05) is 18.2 Å². The van der Waals surface area contributed by atoms with Gasteiger partial charge in [0.1, 0.15) is 0 Å². The van der Waals surface area contributed by atoms with Crippen molar-refractivity contribution in [1.82, 2.24) is 10.6 Å². The number of alkyl halides is 3. The number of nitrogens with zero attached hydrogens (tertiary/aromatic N) is 1. The van der Waals surface area contributed by atoms with Crippen molar-refractivity contribution >= 4 is 11.6 Å². The van der Waals surface area contributed by atoms with E-state index in [0.29, 0.717) is 6.54 Å². The predicted octanol–water partition coefficient (Wildman–Crippen LogP) is 1.78. The van der Waals surface area contributed by atoms with Gasteiger partial charge in [0.15, 0.2) is 0 Å². The molecule has 0 saturated carbocycles. The third-order valence-corrected chi connectivity index (χ3v) is 2.80. The molecule has 1 amide bonds. The zero-order chi connectivity index (χ0) is 15.7. The Morgan fingerprint density at radius 2 is 1.90 bits per heavy atom. The number of hydrogen-bond donors (Lipinski definition) is 2. The molecule has 0 radical (unpaired) electrons. The van der Waals surface area contributed by atoms with E-state index in [-0.39, 0.29) is 6.54 Å². The van der Waals surface area contributed by atoms with Crippen LogP contribution in [0.15, 0.2) is 30.3 Å². The van der Waals surface area contributed by atoms with Gasteiger partial charge < -0.3 is 15.5 Å². The van der Waals surface area contributed by atoms with Gasteiger partial charge in [-0.2, -0.15) is 13.2 Å². The van der Waals surface area contributed by atoms with E-state index in [2.05, 4.69) is 10.6 Å². The van der Waals surface area contributed by atoms with E-state index in [1.54, 1.807) is 0 Å². The summed E-state index contributed by atoms with van der Waals surface area (Å²) in [5, 5.41) is 4.63. The number of rotatable bonds is 8. The molecular formula is C14H20F3N3O. The van der Waals surface area contributed by atoms with Crippen LogP contribution in [0, 0.1) is 0 Å². The average molecular weight is 303 g/mol. The van der Waals surface area contributed by atoms with E-state index < -0.39 is 18.6 Å². The van der Waals surface area contributed by atoms with Crippen molar-refractivity contribution in [3.63, 3.8) is 0 Å². The molecule has 0 aliphatic carbocycles. The van der Waals surface area contributed by atoms with E-state index in [4.69, 9.17) is 0 Å². The number of benzene rings is 1. The van der Waals surface area contributed by atoms with Crippen molar-refractivity contribution < 1.29 is 18.0 Å². The molecule has 1 rings (SSSR count). The largest absolute Gasteiger partial charge is 0.401 e. The third kappa shape index (κ3) is 8.19. The molecule has 118 valence electrons. The average Bonchev–Trinajstić information content (AvgIpc) is 2.43. The van der Waals surface area contributed by atoms with Crippen molar-refractivity contribution in [3.05, 3.63) is 30.3 Å². The molecule has 0 heterocycles. The number of para-hydroxylation sites is 1. The molecule has 0 bridgehead atoms. The summed E-state index contributed by atoms with van der Waals surface area (Å²) in [5.74, 6) is -0.429. The fourth-order valence-electron chi connectivity index (χ4n) is 1.74. The second-order valence-corrected chi connectivity index (χ2v) is 4.68. The van der Waals surface area contributed by atoms with E-state index in [9.17, 15) is 18.0 Å². The first kappa shape index (κ1) is 17.3. The number of halogens is 3. The fourth-order valence-corrected chi connectivity index (χ4v) is 1.74. The molecule has 1 aromatic rings. The maximum Gasteiger partial charge on any atom is 0.401 e. The number of nitrogens with one attached hydrogen (secondary N) is 2. The Morgan fingerprint density at radius 1 is 1.24 bits per heavy atom. The summed E-state index contributed by atoms with van der Waals surface area (Å²) in [4.78, 5) is 13.3. The molecule has 1 aromatic carbocycles. The topological polar surface area (TPSA) is 44.4 Å². The lowest BCUT2D eigenvalue weighted by atomic mass is 10.3. The molecule has 0 atom stereocenters. The predicted molar refractivity (Wildman–Crippen MR) is 76.3 cm³/mol. The van der Waals surface area contributed by atoms with E-state index in [1.165, 1.54) is 0 Å². The monoisotopic (exact) mass is 303 g/mol. The van der Waals surface area contributed by atoms with Crippen LogP contribution in [0.3, 0.4) is 0 Å². The maximum absolute atomic E-state index is 11.9. The van der Waals surface area contributed by atoms with Crippen molar-refractivity contribution in [2.45, 2.75) is 12.6 Å². The Balaban J connectivity index is 2.10. The van der Waals surface area contributed by atoms with Crippen LogP contribution < -0.4 is 15.5 Å². The fraction of sp³-hybridized carbons (Fsp3) is 0.500. The molecule has 4 nitrogen and oxygen atoms in total. The van der Waals surface area contributed by atoms with Gasteiger partial charge >= 0.3 is 6.18 Å². The van der Waals surface area contributed by atoms with Crippen molar-refractivity contribution in [2.24, 2.45) is 0 Å². The van der Waals surface area contributed by atoms with Crippen LogP contribution >= 0.6 is 0 Å². The van der Waals surface area contributed by atoms with Crippen LogP contribution in [-0.4, -0.2) is 45.3 Å². The standard InChI is InChI=1S/C14H20F3N3O/c1-20(12-6-3-2-4-7-12)9-5-8-19-13(21)10-18-11-14(15,16)17/h2-4,6-7,18H,5,8-11H2,1H3,(H,19,21). The maximum atomic E-state index is 11.9. The van der Waals surface area contributed by atoms with Crippen molar-refractivity contribution in [2.75, 3.05) is 38.1 Å². The van der Waals surface area contributed by atoms with Gasteiger partial charge in [-0.05, 0) is 18.6 Å². The molecule has 0 unspecified atom stereocenters. The number of carbonyl (C=O) groups excluding carboxylic acids is 1. The van der Waals surface area contributed by atoms with Gasteiger partial charge in [0.25, 0.3) is 0 Å². The Kier molecular flexibility index (Phi) is 7.01. The lowest BCUT2D eigenvalue weighted by Gasteiger charge is -2.19. The van der Waals surface area contributed by atoms with Gasteiger partial charge in [-0.25, -0.2) is 0 Å². The summed E-state index contributed by atoms with van der Waals surface area (Å²) in [6.45, 7) is -0.296. The minimum atomic E-state index is -4.29. The van der Waals surface area contributed by atoms with Crippen LogP contribution in [0.1, 0.15) is 6.42 Å². The smallest absolute Gasteiger partial charge is 0.375 e. The van der Waals surface area contributed by atoms with Crippen LogP contribution in [-0.2, 0) is 4.79 Å². The number of anilines is 1. The van der Waals surface area contributed by atoms with Crippen LogP contribution in [0.5, 0.6) is 0 Å². The molecule has 21 heavy (non-hydrogen) atoms. The van der Waals surface area contributed by atoms with Gasteiger partial charge in [0.05, 0.1) is 13.1 Å². The van der Waals surface area contributed by atoms with Crippen LogP contribution in [0.4, 0.5) is 18.9 Å².